The summed E-state index contributed by atoms with van der Waals surface area (Å²) in [6.45, 7) is 9.22. The van der Waals surface area contributed by atoms with Gasteiger partial charge in [-0.25, -0.2) is 17.2 Å². The molecule has 0 spiro atoms. The number of hydrogen-bond donors (Lipinski definition) is 0. The second-order valence-electron chi connectivity index (χ2n) is 8.26. The van der Waals surface area contributed by atoms with Crippen LogP contribution in [0, 0.1) is 31.4 Å². The summed E-state index contributed by atoms with van der Waals surface area (Å²) in [5, 5.41) is 4.53. The van der Waals surface area contributed by atoms with E-state index in [1.54, 1.807) is 4.90 Å². The van der Waals surface area contributed by atoms with Crippen LogP contribution in [-0.4, -0.2) is 59.5 Å². The van der Waals surface area contributed by atoms with Gasteiger partial charge in [0.15, 0.2) is 0 Å². The average Bonchev–Trinajstić information content (AvgIpc) is 2.96. The number of aromatic nitrogens is 2. The normalized spacial score (nSPS) is 15.6. The van der Waals surface area contributed by atoms with E-state index >= 15 is 0 Å². The Balaban J connectivity index is 1.67. The maximum absolute atomic E-state index is 14.0. The van der Waals surface area contributed by atoms with Gasteiger partial charge < -0.3 is 4.90 Å². The Morgan fingerprint density at radius 2 is 1.77 bits per heavy atom. The average molecular weight is 455 g/mol. The Hall–Kier alpha value is -2.33. The molecule has 0 atom stereocenters. The van der Waals surface area contributed by atoms with Crippen molar-refractivity contribution in [3.8, 4) is 0 Å². The molecule has 0 radical (unpaired) electrons. The number of halogens is 2. The first-order chi connectivity index (χ1) is 14.5. The summed E-state index contributed by atoms with van der Waals surface area (Å²) in [4.78, 5) is 13.8. The highest BCUT2D eigenvalue weighted by Gasteiger charge is 2.32. The van der Waals surface area contributed by atoms with Crippen molar-refractivity contribution in [1.82, 2.24) is 19.0 Å². The number of hydrogen-bond acceptors (Lipinski definition) is 4. The number of aryl methyl sites for hydroxylation is 1. The summed E-state index contributed by atoms with van der Waals surface area (Å²) in [5.74, 6) is -1.49. The van der Waals surface area contributed by atoms with E-state index in [2.05, 4.69) is 18.9 Å². The molecule has 2 heterocycles. The first-order valence-corrected chi connectivity index (χ1v) is 11.7. The molecule has 0 aliphatic carbocycles. The van der Waals surface area contributed by atoms with E-state index in [4.69, 9.17) is 0 Å². The van der Waals surface area contributed by atoms with Crippen LogP contribution in [0.3, 0.4) is 0 Å². The Kier molecular flexibility index (Phi) is 6.80. The summed E-state index contributed by atoms with van der Waals surface area (Å²) >= 11 is 0. The number of rotatable bonds is 6. The van der Waals surface area contributed by atoms with E-state index in [-0.39, 0.29) is 38.5 Å². The van der Waals surface area contributed by atoms with Crippen LogP contribution in [0.1, 0.15) is 30.8 Å². The molecule has 1 aliphatic heterocycles. The number of amides is 1. The second kappa shape index (κ2) is 9.04. The molecule has 0 N–H and O–H groups in total. The summed E-state index contributed by atoms with van der Waals surface area (Å²) in [6, 6.07) is 2.35. The third-order valence-corrected chi connectivity index (χ3v) is 7.41. The van der Waals surface area contributed by atoms with Gasteiger partial charge in [-0.05, 0) is 38.0 Å². The molecule has 0 saturated carbocycles. The van der Waals surface area contributed by atoms with Crippen LogP contribution in [0.4, 0.5) is 8.78 Å². The van der Waals surface area contributed by atoms with Gasteiger partial charge in [-0.1, -0.05) is 13.8 Å². The summed E-state index contributed by atoms with van der Waals surface area (Å²) in [5.41, 5.74) is 2.67. The van der Waals surface area contributed by atoms with E-state index in [1.807, 2.05) is 18.5 Å². The first-order valence-electron chi connectivity index (χ1n) is 10.3. The smallest absolute Gasteiger partial charge is 0.246 e. The van der Waals surface area contributed by atoms with Crippen molar-refractivity contribution in [1.29, 1.82) is 0 Å². The van der Waals surface area contributed by atoms with Gasteiger partial charge in [0, 0.05) is 44.0 Å². The van der Waals surface area contributed by atoms with Gasteiger partial charge in [0.2, 0.25) is 15.9 Å². The number of piperazine rings is 1. The van der Waals surface area contributed by atoms with Crippen LogP contribution in [0.25, 0.3) is 0 Å². The number of carbonyl (C=O) groups is 1. The van der Waals surface area contributed by atoms with Crippen LogP contribution in [-0.2, 0) is 27.8 Å². The minimum absolute atomic E-state index is 0.0224. The highest BCUT2D eigenvalue weighted by molar-refractivity contribution is 7.89. The van der Waals surface area contributed by atoms with Gasteiger partial charge in [0.1, 0.15) is 16.5 Å². The van der Waals surface area contributed by atoms with Crippen LogP contribution >= 0.6 is 0 Å². The third kappa shape index (κ3) is 4.95. The molecule has 1 aromatic carbocycles. The maximum atomic E-state index is 14.0. The van der Waals surface area contributed by atoms with Crippen molar-refractivity contribution in [2.45, 2.75) is 45.6 Å². The molecular formula is C21H28F2N4O3S. The molecule has 1 amide bonds. The monoisotopic (exact) mass is 454 g/mol. The molecular weight excluding hydrogens is 426 g/mol. The number of benzene rings is 1. The van der Waals surface area contributed by atoms with Crippen molar-refractivity contribution in [3.05, 3.63) is 46.8 Å². The molecule has 1 aromatic heterocycles. The zero-order chi connectivity index (χ0) is 22.9. The molecule has 170 valence electrons. The highest BCUT2D eigenvalue weighted by atomic mass is 32.2. The lowest BCUT2D eigenvalue weighted by molar-refractivity contribution is -0.131. The Labute approximate surface area is 181 Å². The van der Waals surface area contributed by atoms with Crippen molar-refractivity contribution in [2.75, 3.05) is 26.2 Å². The first kappa shape index (κ1) is 23.3. The minimum Gasteiger partial charge on any atom is -0.340 e. The molecule has 2 aromatic rings. The van der Waals surface area contributed by atoms with Crippen molar-refractivity contribution in [2.24, 2.45) is 5.92 Å². The van der Waals surface area contributed by atoms with Gasteiger partial charge in [0.05, 0.1) is 12.1 Å². The molecule has 0 bridgehead atoms. The number of sulfonamides is 1. The predicted octanol–water partition coefficient (Wildman–Crippen LogP) is 2.51. The van der Waals surface area contributed by atoms with Crippen molar-refractivity contribution in [3.63, 3.8) is 0 Å². The molecule has 1 fully saturated rings. The Morgan fingerprint density at radius 3 is 2.39 bits per heavy atom. The van der Waals surface area contributed by atoms with Crippen LogP contribution in [0.15, 0.2) is 23.1 Å². The molecule has 1 aliphatic rings. The van der Waals surface area contributed by atoms with Crippen LogP contribution < -0.4 is 0 Å². The quantitative estimate of drug-likeness (QED) is 0.672. The lowest BCUT2D eigenvalue weighted by atomic mass is 10.1. The Bertz CT molecular complexity index is 1070. The van der Waals surface area contributed by atoms with Gasteiger partial charge in [-0.15, -0.1) is 0 Å². The van der Waals surface area contributed by atoms with Gasteiger partial charge in [-0.3, -0.25) is 9.48 Å². The van der Waals surface area contributed by atoms with E-state index in [1.165, 1.54) is 0 Å². The van der Waals surface area contributed by atoms with E-state index in [0.717, 1.165) is 39.9 Å². The molecule has 0 unspecified atom stereocenters. The topological polar surface area (TPSA) is 75.5 Å². The van der Waals surface area contributed by atoms with Gasteiger partial charge >= 0.3 is 0 Å². The Morgan fingerprint density at radius 1 is 1.13 bits per heavy atom. The third-order valence-electron chi connectivity index (χ3n) is 5.50. The maximum Gasteiger partial charge on any atom is 0.246 e. The fraction of sp³-hybridized carbons (Fsp3) is 0.524. The summed E-state index contributed by atoms with van der Waals surface area (Å²) < 4.78 is 55.9. The SMILES string of the molecule is Cc1nn(CC(C)C)c(C)c1CC(=O)N1CCN(S(=O)(=O)c2cc(F)ccc2F)CC1. The van der Waals surface area contributed by atoms with E-state index in [9.17, 15) is 22.0 Å². The fourth-order valence-corrected chi connectivity index (χ4v) is 5.27. The molecule has 3 rings (SSSR count). The lowest BCUT2D eigenvalue weighted by Crippen LogP contribution is -2.51. The predicted molar refractivity (Wildman–Crippen MR) is 112 cm³/mol. The van der Waals surface area contributed by atoms with Crippen LogP contribution in [0.5, 0.6) is 0 Å². The standard InChI is InChI=1S/C21H28F2N4O3S/c1-14(2)13-27-16(4)18(15(3)24-27)12-21(28)25-7-9-26(10-8-25)31(29,30)20-11-17(22)5-6-19(20)23/h5-6,11,14H,7-10,12-13H2,1-4H3. The summed E-state index contributed by atoms with van der Waals surface area (Å²) in [6.07, 6.45) is 0.195. The molecule has 1 saturated heterocycles. The highest BCUT2D eigenvalue weighted by Crippen LogP contribution is 2.22. The minimum atomic E-state index is -4.18. The zero-order valence-corrected chi connectivity index (χ0v) is 19.0. The molecule has 7 nitrogen and oxygen atoms in total. The van der Waals surface area contributed by atoms with E-state index < -0.39 is 26.6 Å². The lowest BCUT2D eigenvalue weighted by Gasteiger charge is -2.34. The van der Waals surface area contributed by atoms with Crippen LogP contribution in [0.2, 0.25) is 0 Å². The van der Waals surface area contributed by atoms with Crippen molar-refractivity contribution >= 4 is 15.9 Å². The molecule has 10 heteroatoms. The zero-order valence-electron chi connectivity index (χ0n) is 18.2. The van der Waals surface area contributed by atoms with Gasteiger partial charge in [-0.2, -0.15) is 9.40 Å². The summed E-state index contributed by atoms with van der Waals surface area (Å²) in [7, 11) is -4.18. The number of nitrogens with zero attached hydrogens (tertiary/aromatic N) is 4. The molecule has 31 heavy (non-hydrogen) atoms. The van der Waals surface area contributed by atoms with E-state index in [0.29, 0.717) is 12.0 Å². The second-order valence-corrected chi connectivity index (χ2v) is 10.2. The van der Waals surface area contributed by atoms with Gasteiger partial charge in [0.25, 0.3) is 0 Å². The largest absolute Gasteiger partial charge is 0.340 e. The van der Waals surface area contributed by atoms with Crippen molar-refractivity contribution < 1.29 is 22.0 Å². The fourth-order valence-electron chi connectivity index (χ4n) is 3.77. The number of carbonyl (C=O) groups excluding carboxylic acids is 1.